The second-order valence-electron chi connectivity index (χ2n) is 10.5. The van der Waals surface area contributed by atoms with Crippen LogP contribution < -0.4 is 21.3 Å². The molecule has 1 aromatic rings. The molecule has 0 fully saturated rings. The van der Waals surface area contributed by atoms with Gasteiger partial charge in [-0.05, 0) is 57.1 Å². The van der Waals surface area contributed by atoms with E-state index in [-0.39, 0.29) is 18.8 Å². The van der Waals surface area contributed by atoms with Crippen molar-refractivity contribution < 1.29 is 33.8 Å². The monoisotopic (exact) mass is 566 g/mol. The summed E-state index contributed by atoms with van der Waals surface area (Å²) in [6.07, 6.45) is 1.76. The lowest BCUT2D eigenvalue weighted by Crippen LogP contribution is -2.55. The predicted molar refractivity (Wildman–Crippen MR) is 150 cm³/mol. The number of rotatable bonds is 15. The predicted octanol–water partition coefficient (Wildman–Crippen LogP) is 2.09. The number of carbonyl (C=O) groups excluding carboxylic acids is 4. The van der Waals surface area contributed by atoms with Crippen molar-refractivity contribution in [2.45, 2.75) is 77.6 Å². The maximum absolute atomic E-state index is 13.0. The molecule has 0 heterocycles. The molecule has 0 spiro atoms. The van der Waals surface area contributed by atoms with Gasteiger partial charge >= 0.3 is 12.1 Å². The van der Waals surface area contributed by atoms with Crippen molar-refractivity contribution in [3.05, 3.63) is 35.9 Å². The number of nitrogens with one attached hydrogen (secondary N) is 4. The molecule has 0 bridgehead atoms. The molecule has 1 rings (SSSR count). The molecule has 11 nitrogen and oxygen atoms in total. The zero-order chi connectivity index (χ0) is 29.6. The first-order chi connectivity index (χ1) is 18.2. The van der Waals surface area contributed by atoms with Crippen LogP contribution in [0.25, 0.3) is 0 Å². The van der Waals surface area contributed by atoms with E-state index in [1.165, 1.54) is 11.8 Å². The molecule has 0 radical (unpaired) electrons. The van der Waals surface area contributed by atoms with Crippen LogP contribution in [0.3, 0.4) is 0 Å². The quantitative estimate of drug-likeness (QED) is 0.215. The lowest BCUT2D eigenvalue weighted by molar-refractivity contribution is -0.142. The van der Waals surface area contributed by atoms with E-state index in [9.17, 15) is 29.1 Å². The van der Waals surface area contributed by atoms with Crippen LogP contribution in [0.2, 0.25) is 0 Å². The summed E-state index contributed by atoms with van der Waals surface area (Å²) in [5, 5.41) is 19.6. The number of carbonyl (C=O) groups is 5. The van der Waals surface area contributed by atoms with Gasteiger partial charge in [0.2, 0.25) is 17.7 Å². The maximum atomic E-state index is 13.0. The molecule has 0 aromatic heterocycles. The van der Waals surface area contributed by atoms with Gasteiger partial charge in [0.05, 0.1) is 6.54 Å². The molecule has 0 aliphatic heterocycles. The highest BCUT2D eigenvalue weighted by Crippen LogP contribution is 2.10. The largest absolute Gasteiger partial charge is 0.480 e. The third-order valence-electron chi connectivity index (χ3n) is 5.30. The summed E-state index contributed by atoms with van der Waals surface area (Å²) in [6.45, 7) is 8.45. The van der Waals surface area contributed by atoms with Crippen molar-refractivity contribution in [3.8, 4) is 0 Å². The van der Waals surface area contributed by atoms with E-state index in [1.54, 1.807) is 45.0 Å². The second-order valence-corrected chi connectivity index (χ2v) is 11.5. The molecule has 3 unspecified atom stereocenters. The van der Waals surface area contributed by atoms with Gasteiger partial charge in [0.25, 0.3) is 0 Å². The molecule has 0 saturated heterocycles. The highest BCUT2D eigenvalue weighted by molar-refractivity contribution is 7.98. The van der Waals surface area contributed by atoms with E-state index >= 15 is 0 Å². The summed E-state index contributed by atoms with van der Waals surface area (Å²) in [4.78, 5) is 62.4. The van der Waals surface area contributed by atoms with Crippen LogP contribution in [-0.2, 0) is 30.3 Å². The Morgan fingerprint density at radius 3 is 2.10 bits per heavy atom. The first kappa shape index (κ1) is 33.7. The molecular weight excluding hydrogens is 524 g/mol. The van der Waals surface area contributed by atoms with E-state index < -0.39 is 60.1 Å². The Morgan fingerprint density at radius 1 is 0.923 bits per heavy atom. The van der Waals surface area contributed by atoms with Crippen molar-refractivity contribution >= 4 is 41.5 Å². The Bertz CT molecular complexity index is 967. The number of carboxylic acids is 1. The summed E-state index contributed by atoms with van der Waals surface area (Å²) in [7, 11) is 0. The fraction of sp³-hybridized carbons (Fsp3) is 0.593. The van der Waals surface area contributed by atoms with E-state index in [0.29, 0.717) is 12.2 Å². The van der Waals surface area contributed by atoms with Gasteiger partial charge in [0, 0.05) is 6.42 Å². The van der Waals surface area contributed by atoms with Crippen LogP contribution in [0.15, 0.2) is 30.3 Å². The van der Waals surface area contributed by atoms with Crippen LogP contribution in [0.5, 0.6) is 0 Å². The minimum absolute atomic E-state index is 0.0664. The number of benzene rings is 1. The molecule has 0 aliphatic rings. The molecular formula is C27H42N4O7S. The van der Waals surface area contributed by atoms with Crippen molar-refractivity contribution in [2.75, 3.05) is 18.6 Å². The van der Waals surface area contributed by atoms with Crippen LogP contribution in [0.1, 0.15) is 53.0 Å². The first-order valence-corrected chi connectivity index (χ1v) is 14.2. The lowest BCUT2D eigenvalue weighted by Gasteiger charge is -2.24. The smallest absolute Gasteiger partial charge is 0.408 e. The number of amides is 4. The van der Waals surface area contributed by atoms with Gasteiger partial charge in [-0.3, -0.25) is 14.4 Å². The molecule has 39 heavy (non-hydrogen) atoms. The van der Waals surface area contributed by atoms with Gasteiger partial charge in [0.15, 0.2) is 0 Å². The fourth-order valence-corrected chi connectivity index (χ4v) is 3.98. The minimum atomic E-state index is -1.16. The zero-order valence-electron chi connectivity index (χ0n) is 23.5. The maximum Gasteiger partial charge on any atom is 0.408 e. The SMILES string of the molecule is CSCCC(NC(=O)C(Cc1ccccc1)NC(=O)CNC(=O)C(CC(C)C)NC(=O)OC(C)(C)C)C(=O)O. The molecule has 0 aliphatic carbocycles. The zero-order valence-corrected chi connectivity index (χ0v) is 24.4. The van der Waals surface area contributed by atoms with Crippen molar-refractivity contribution in [1.82, 2.24) is 21.3 Å². The van der Waals surface area contributed by atoms with Crippen molar-refractivity contribution in [1.29, 1.82) is 0 Å². The number of alkyl carbamates (subject to hydrolysis) is 1. The summed E-state index contributed by atoms with van der Waals surface area (Å²) in [5.74, 6) is -2.42. The molecule has 3 atom stereocenters. The van der Waals surface area contributed by atoms with E-state index in [2.05, 4.69) is 21.3 Å². The van der Waals surface area contributed by atoms with Crippen LogP contribution in [0, 0.1) is 5.92 Å². The van der Waals surface area contributed by atoms with E-state index in [0.717, 1.165) is 5.56 Å². The third kappa shape index (κ3) is 14.4. The number of thioether (sulfide) groups is 1. The number of hydrogen-bond donors (Lipinski definition) is 5. The normalized spacial score (nSPS) is 13.5. The Hall–Kier alpha value is -3.28. The summed E-state index contributed by atoms with van der Waals surface area (Å²) in [5.41, 5.74) is 0.0168. The number of carboxylic acid groups (broad SMARTS) is 1. The standard InChI is InChI=1S/C27H42N4O7S/c1-17(2)14-20(31-26(37)38-27(3,4)5)23(33)28-16-22(32)29-21(15-18-10-8-7-9-11-18)24(34)30-19(25(35)36)12-13-39-6/h7-11,17,19-21H,12-16H2,1-6H3,(H,28,33)(H,29,32)(H,30,34)(H,31,37)(H,35,36). The van der Waals surface area contributed by atoms with E-state index in [1.807, 2.05) is 26.2 Å². The molecule has 1 aromatic carbocycles. The second kappa shape index (κ2) is 16.6. The molecule has 4 amide bonds. The topological polar surface area (TPSA) is 163 Å². The molecule has 218 valence electrons. The van der Waals surface area contributed by atoms with Crippen molar-refractivity contribution in [3.63, 3.8) is 0 Å². The minimum Gasteiger partial charge on any atom is -0.480 e. The molecule has 12 heteroatoms. The van der Waals surface area contributed by atoms with Gasteiger partial charge in [0.1, 0.15) is 23.7 Å². The van der Waals surface area contributed by atoms with E-state index in [4.69, 9.17) is 4.74 Å². The highest BCUT2D eigenvalue weighted by atomic mass is 32.2. The average molecular weight is 567 g/mol. The van der Waals surface area contributed by atoms with Gasteiger partial charge in [-0.2, -0.15) is 11.8 Å². The third-order valence-corrected chi connectivity index (χ3v) is 5.94. The van der Waals surface area contributed by atoms with Crippen LogP contribution in [0.4, 0.5) is 4.79 Å². The Labute approximate surface area is 234 Å². The van der Waals surface area contributed by atoms with Crippen LogP contribution in [-0.4, -0.2) is 77.2 Å². The summed E-state index contributed by atoms with van der Waals surface area (Å²) in [6, 6.07) is 5.87. The van der Waals surface area contributed by atoms with Gasteiger partial charge < -0.3 is 31.1 Å². The summed E-state index contributed by atoms with van der Waals surface area (Å²) >= 11 is 1.46. The average Bonchev–Trinajstić information content (AvgIpc) is 2.83. The number of hydrogen-bond acceptors (Lipinski definition) is 7. The van der Waals surface area contributed by atoms with Crippen LogP contribution >= 0.6 is 11.8 Å². The molecule has 0 saturated carbocycles. The Kier molecular flexibility index (Phi) is 14.4. The van der Waals surface area contributed by atoms with Gasteiger partial charge in [-0.25, -0.2) is 9.59 Å². The Morgan fingerprint density at radius 2 is 1.56 bits per heavy atom. The highest BCUT2D eigenvalue weighted by Gasteiger charge is 2.28. The van der Waals surface area contributed by atoms with Gasteiger partial charge in [-0.15, -0.1) is 0 Å². The fourth-order valence-electron chi connectivity index (χ4n) is 3.51. The summed E-state index contributed by atoms with van der Waals surface area (Å²) < 4.78 is 5.24. The lowest BCUT2D eigenvalue weighted by atomic mass is 10.0. The number of aliphatic carboxylic acids is 1. The van der Waals surface area contributed by atoms with Gasteiger partial charge in [-0.1, -0.05) is 44.2 Å². The number of ether oxygens (including phenoxy) is 1. The van der Waals surface area contributed by atoms with Crippen molar-refractivity contribution in [2.24, 2.45) is 5.92 Å². The Balaban J connectivity index is 2.89. The molecule has 5 N–H and O–H groups in total. The first-order valence-electron chi connectivity index (χ1n) is 12.8.